The van der Waals surface area contributed by atoms with Gasteiger partial charge in [0.25, 0.3) is 0 Å². The first kappa shape index (κ1) is 15.1. The van der Waals surface area contributed by atoms with E-state index in [-0.39, 0.29) is 18.0 Å². The van der Waals surface area contributed by atoms with Gasteiger partial charge in [-0.2, -0.15) is 0 Å². The minimum absolute atomic E-state index is 0.0516. The van der Waals surface area contributed by atoms with Crippen molar-refractivity contribution in [1.29, 1.82) is 0 Å². The molecule has 1 unspecified atom stereocenters. The second kappa shape index (κ2) is 6.93. The maximum Gasteiger partial charge on any atom is 0.164 e. The number of benzene rings is 1. The molecule has 0 amide bonds. The predicted octanol–water partition coefficient (Wildman–Crippen LogP) is 4.08. The molecule has 0 spiro atoms. The fourth-order valence-electron chi connectivity index (χ4n) is 2.73. The largest absolute Gasteiger partial charge is 0.296 e. The summed E-state index contributed by atoms with van der Waals surface area (Å²) in [4.78, 5) is 2.22. The first-order valence-electron chi connectivity index (χ1n) is 7.15. The summed E-state index contributed by atoms with van der Waals surface area (Å²) in [5.41, 5.74) is -0.127. The van der Waals surface area contributed by atoms with Crippen molar-refractivity contribution in [3.63, 3.8) is 0 Å². The fourth-order valence-corrected chi connectivity index (χ4v) is 2.73. The monoisotopic (exact) mass is 283 g/mol. The lowest BCUT2D eigenvalue weighted by Gasteiger charge is -2.32. The van der Waals surface area contributed by atoms with Gasteiger partial charge < -0.3 is 0 Å². The van der Waals surface area contributed by atoms with E-state index in [0.717, 1.165) is 44.5 Å². The zero-order chi connectivity index (χ0) is 14.5. The number of nitrogens with zero attached hydrogens (tertiary/aromatic N) is 1. The van der Waals surface area contributed by atoms with E-state index in [0.29, 0.717) is 0 Å². The molecule has 0 fully saturated rings. The van der Waals surface area contributed by atoms with E-state index in [2.05, 4.69) is 17.1 Å². The molecule has 0 N–H and O–H groups in total. The van der Waals surface area contributed by atoms with Crippen LogP contribution in [-0.4, -0.2) is 24.0 Å². The molecule has 0 saturated carbocycles. The highest BCUT2D eigenvalue weighted by Crippen LogP contribution is 2.22. The Bertz CT molecular complexity index is 485. The molecule has 0 bridgehead atoms. The molecule has 0 saturated heterocycles. The lowest BCUT2D eigenvalue weighted by atomic mass is 9.98. The maximum atomic E-state index is 13.8. The van der Waals surface area contributed by atoms with Crippen LogP contribution < -0.4 is 0 Å². The summed E-state index contributed by atoms with van der Waals surface area (Å²) in [7, 11) is 0. The van der Waals surface area contributed by atoms with Gasteiger partial charge in [0.2, 0.25) is 0 Å². The lowest BCUT2D eigenvalue weighted by molar-refractivity contribution is 0.198. The first-order chi connectivity index (χ1) is 9.63. The molecule has 4 heteroatoms. The third-order valence-electron chi connectivity index (χ3n) is 3.81. The van der Waals surface area contributed by atoms with Crippen molar-refractivity contribution < 1.29 is 13.2 Å². The van der Waals surface area contributed by atoms with Crippen molar-refractivity contribution in [2.75, 3.05) is 13.1 Å². The Labute approximate surface area is 118 Å². The summed E-state index contributed by atoms with van der Waals surface area (Å²) in [6.07, 6.45) is 7.14. The topological polar surface area (TPSA) is 3.24 Å². The molecule has 0 aliphatic carbocycles. The van der Waals surface area contributed by atoms with E-state index in [1.54, 1.807) is 0 Å². The maximum absolute atomic E-state index is 13.8. The van der Waals surface area contributed by atoms with Crippen molar-refractivity contribution in [1.82, 2.24) is 4.90 Å². The molecule has 2 rings (SSSR count). The van der Waals surface area contributed by atoms with Crippen LogP contribution in [0.25, 0.3) is 0 Å². The quantitative estimate of drug-likeness (QED) is 0.581. The van der Waals surface area contributed by atoms with Gasteiger partial charge in [0.15, 0.2) is 11.6 Å². The van der Waals surface area contributed by atoms with Crippen LogP contribution in [0, 0.1) is 17.5 Å². The van der Waals surface area contributed by atoms with Crippen LogP contribution in [0.5, 0.6) is 0 Å². The minimum Gasteiger partial charge on any atom is -0.296 e. The molecule has 0 radical (unpaired) electrons. The summed E-state index contributed by atoms with van der Waals surface area (Å²) in [6.45, 7) is 3.73. The molecular formula is C16H20F3N. The van der Waals surface area contributed by atoms with Gasteiger partial charge in [0.05, 0.1) is 0 Å². The number of rotatable bonds is 5. The Hall–Kier alpha value is -1.29. The fraction of sp³-hybridized carbons (Fsp3) is 0.500. The normalized spacial score (nSPS) is 17.4. The van der Waals surface area contributed by atoms with Gasteiger partial charge in [0.1, 0.15) is 5.82 Å². The lowest BCUT2D eigenvalue weighted by Crippen LogP contribution is -2.39. The molecule has 20 heavy (non-hydrogen) atoms. The van der Waals surface area contributed by atoms with Crippen LogP contribution in [0.2, 0.25) is 0 Å². The predicted molar refractivity (Wildman–Crippen MR) is 74.0 cm³/mol. The highest BCUT2D eigenvalue weighted by Gasteiger charge is 2.23. The molecule has 1 aromatic rings. The Morgan fingerprint density at radius 3 is 2.55 bits per heavy atom. The Kier molecular flexibility index (Phi) is 5.24. The van der Waals surface area contributed by atoms with Crippen molar-refractivity contribution in [2.45, 2.75) is 38.6 Å². The molecular weight excluding hydrogens is 263 g/mol. The molecule has 1 aliphatic rings. The van der Waals surface area contributed by atoms with E-state index in [9.17, 15) is 13.2 Å². The van der Waals surface area contributed by atoms with Gasteiger partial charge in [-0.15, -0.1) is 0 Å². The second-order valence-electron chi connectivity index (χ2n) is 5.22. The van der Waals surface area contributed by atoms with Crippen molar-refractivity contribution in [3.05, 3.63) is 47.3 Å². The average Bonchev–Trinajstić information content (AvgIpc) is 2.47. The van der Waals surface area contributed by atoms with Crippen LogP contribution in [0.1, 0.15) is 31.7 Å². The Balaban J connectivity index is 2.19. The Morgan fingerprint density at radius 2 is 1.90 bits per heavy atom. The SMILES string of the molecule is CCCC(Cc1c(F)ccc(F)c1F)N1CC=CCC1. The zero-order valence-electron chi connectivity index (χ0n) is 11.7. The van der Waals surface area contributed by atoms with Crippen molar-refractivity contribution >= 4 is 0 Å². The number of halogens is 3. The summed E-state index contributed by atoms with van der Waals surface area (Å²) in [5.74, 6) is -2.67. The molecule has 1 atom stereocenters. The number of hydrogen-bond donors (Lipinski definition) is 0. The van der Waals surface area contributed by atoms with Gasteiger partial charge in [-0.25, -0.2) is 13.2 Å². The summed E-state index contributed by atoms with van der Waals surface area (Å²) in [6, 6.07) is 1.90. The first-order valence-corrected chi connectivity index (χ1v) is 7.15. The van der Waals surface area contributed by atoms with Gasteiger partial charge in [-0.1, -0.05) is 25.5 Å². The van der Waals surface area contributed by atoms with E-state index < -0.39 is 17.5 Å². The van der Waals surface area contributed by atoms with Gasteiger partial charge in [0, 0.05) is 24.7 Å². The van der Waals surface area contributed by atoms with Crippen LogP contribution in [-0.2, 0) is 6.42 Å². The minimum atomic E-state index is -1.04. The molecule has 0 aromatic heterocycles. The average molecular weight is 283 g/mol. The summed E-state index contributed by atoms with van der Waals surface area (Å²) >= 11 is 0. The second-order valence-corrected chi connectivity index (χ2v) is 5.22. The van der Waals surface area contributed by atoms with Gasteiger partial charge in [-0.3, -0.25) is 4.90 Å². The van der Waals surface area contributed by atoms with Crippen molar-refractivity contribution in [3.8, 4) is 0 Å². The molecule has 1 heterocycles. The molecule has 1 aromatic carbocycles. The molecule has 1 nitrogen and oxygen atoms in total. The van der Waals surface area contributed by atoms with Gasteiger partial charge in [-0.05, 0) is 31.4 Å². The number of hydrogen-bond acceptors (Lipinski definition) is 1. The molecule has 1 aliphatic heterocycles. The van der Waals surface area contributed by atoms with Crippen molar-refractivity contribution in [2.24, 2.45) is 0 Å². The van der Waals surface area contributed by atoms with E-state index in [1.807, 2.05) is 6.92 Å². The third kappa shape index (κ3) is 3.42. The summed E-state index contributed by atoms with van der Waals surface area (Å²) in [5, 5.41) is 0. The van der Waals surface area contributed by atoms with E-state index >= 15 is 0 Å². The van der Waals surface area contributed by atoms with E-state index in [1.165, 1.54) is 0 Å². The molecule has 110 valence electrons. The third-order valence-corrected chi connectivity index (χ3v) is 3.81. The van der Waals surface area contributed by atoms with Gasteiger partial charge >= 0.3 is 0 Å². The highest BCUT2D eigenvalue weighted by molar-refractivity contribution is 5.22. The van der Waals surface area contributed by atoms with Crippen LogP contribution in [0.4, 0.5) is 13.2 Å². The Morgan fingerprint density at radius 1 is 1.15 bits per heavy atom. The van der Waals surface area contributed by atoms with Crippen LogP contribution in [0.15, 0.2) is 24.3 Å². The van der Waals surface area contributed by atoms with Crippen LogP contribution in [0.3, 0.4) is 0 Å². The standard InChI is InChI=1S/C16H20F3N/c1-2-6-12(20-9-4-3-5-10-20)11-13-14(17)7-8-15(18)16(13)19/h3-4,7-8,12H,2,5-6,9-11H2,1H3. The van der Waals surface area contributed by atoms with Crippen LogP contribution >= 0.6 is 0 Å². The summed E-state index contributed by atoms with van der Waals surface area (Å²) < 4.78 is 40.8. The smallest absolute Gasteiger partial charge is 0.164 e. The zero-order valence-corrected chi connectivity index (χ0v) is 11.7. The highest BCUT2D eigenvalue weighted by atomic mass is 19.2. The van der Waals surface area contributed by atoms with E-state index in [4.69, 9.17) is 0 Å².